The number of hydrazine groups is 1. The number of hydrogen-bond acceptors (Lipinski definition) is 6. The molecule has 0 spiro atoms. The van der Waals surface area contributed by atoms with Crippen LogP contribution in [0.5, 0.6) is 0 Å². The lowest BCUT2D eigenvalue weighted by atomic mass is 9.99. The molecule has 0 unspecified atom stereocenters. The lowest BCUT2D eigenvalue weighted by Crippen LogP contribution is -2.42. The second kappa shape index (κ2) is 20.5. The quantitative estimate of drug-likeness (QED) is 0.117. The van der Waals surface area contributed by atoms with E-state index in [4.69, 9.17) is 8.63 Å². The molecule has 0 aliphatic rings. The average molecular weight is 790 g/mol. The van der Waals surface area contributed by atoms with E-state index in [1.165, 1.54) is 16.7 Å². The number of carbonyl (C=O) groups is 2. The monoisotopic (exact) mass is 788 g/mol. The Morgan fingerprint density at radius 3 is 1.73 bits per heavy atom. The van der Waals surface area contributed by atoms with Gasteiger partial charge in [-0.2, -0.15) is 0 Å². The molecule has 8 nitrogen and oxygen atoms in total. The smallest absolute Gasteiger partial charge is 0.269 e. The second-order valence-corrected chi connectivity index (χ2v) is 14.9. The average Bonchev–Trinajstić information content (AvgIpc) is 3.69. The maximum absolute atomic E-state index is 12.5. The van der Waals surface area contributed by atoms with Gasteiger partial charge in [0.1, 0.15) is 0 Å². The summed E-state index contributed by atoms with van der Waals surface area (Å²) in [7, 11) is 7.36. The number of hydrogen-bond donors (Lipinski definition) is 2. The van der Waals surface area contributed by atoms with Crippen molar-refractivity contribution >= 4 is 42.4 Å². The molecule has 0 aliphatic heterocycles. The predicted molar refractivity (Wildman–Crippen MR) is 221 cm³/mol. The Morgan fingerprint density at radius 2 is 1.09 bits per heavy atom. The van der Waals surface area contributed by atoms with Gasteiger partial charge in [0.2, 0.25) is 21.0 Å². The van der Waals surface area contributed by atoms with Gasteiger partial charge in [0, 0.05) is 43.6 Å². The van der Waals surface area contributed by atoms with Gasteiger partial charge in [0.05, 0.1) is 0 Å². The van der Waals surface area contributed by atoms with Crippen LogP contribution in [0, 0.1) is 13.8 Å². The minimum absolute atomic E-state index is 0.336. The van der Waals surface area contributed by atoms with Crippen molar-refractivity contribution in [2.45, 2.75) is 26.7 Å². The molecule has 0 saturated carbocycles. The number of nitrogens with zero attached hydrogens (tertiary/aromatic N) is 2. The van der Waals surface area contributed by atoms with E-state index in [9.17, 15) is 9.59 Å². The highest BCUT2D eigenvalue weighted by Crippen LogP contribution is 2.28. The van der Waals surface area contributed by atoms with Crippen LogP contribution in [0.1, 0.15) is 54.1 Å². The first-order valence-corrected chi connectivity index (χ1v) is 20.0. The Hall–Kier alpha value is -5.87. The highest BCUT2D eigenvalue weighted by atomic mass is 36.0. The van der Waals surface area contributed by atoms with E-state index in [0.29, 0.717) is 29.3 Å². The van der Waals surface area contributed by atoms with E-state index in [1.54, 1.807) is 24.3 Å². The van der Waals surface area contributed by atoms with Crippen molar-refractivity contribution in [3.63, 3.8) is 0 Å². The summed E-state index contributed by atoms with van der Waals surface area (Å²) in [6.07, 6.45) is 1.48. The van der Waals surface area contributed by atoms with Crippen LogP contribution in [0.3, 0.4) is 0 Å². The van der Waals surface area contributed by atoms with E-state index >= 15 is 0 Å². The topological polar surface area (TPSA) is 114 Å². The van der Waals surface area contributed by atoms with Gasteiger partial charge in [0.25, 0.3) is 11.8 Å². The van der Waals surface area contributed by atoms with Gasteiger partial charge in [-0.25, -0.2) is 4.21 Å². The molecule has 1 heterocycles. The number of rotatable bonds is 8. The van der Waals surface area contributed by atoms with Crippen LogP contribution < -0.4 is 10.9 Å². The first kappa shape index (κ1) is 40.3. The molecule has 55 heavy (non-hydrogen) atoms. The lowest BCUT2D eigenvalue weighted by Gasteiger charge is -2.11. The van der Waals surface area contributed by atoms with Crippen molar-refractivity contribution in [2.24, 2.45) is 0 Å². The molecular weight excluding hydrogens is 751 g/mol. The zero-order valence-corrected chi connectivity index (χ0v) is 32.4. The predicted octanol–water partition coefficient (Wildman–Crippen LogP) is 10.0. The molecule has 0 atom stereocenters. The molecule has 6 aromatic carbocycles. The summed E-state index contributed by atoms with van der Waals surface area (Å²) in [5.41, 5.74) is 14.6. The largest absolute Gasteiger partial charge is 0.416 e. The van der Waals surface area contributed by atoms with Gasteiger partial charge in [0.15, 0.2) is 0 Å². The Labute approximate surface area is 332 Å². The molecule has 2 N–H and O–H groups in total. The van der Waals surface area contributed by atoms with E-state index < -0.39 is 9.23 Å². The zero-order chi connectivity index (χ0) is 39.0. The Balaban J connectivity index is 0.000000193. The van der Waals surface area contributed by atoms with Crippen LogP contribution in [-0.4, -0.2) is 26.2 Å². The maximum atomic E-state index is 12.5. The molecule has 0 radical (unpaired) electrons. The van der Waals surface area contributed by atoms with E-state index in [-0.39, 0.29) is 11.8 Å². The summed E-state index contributed by atoms with van der Waals surface area (Å²) >= 11 is 0. The number of halogens is 2. The van der Waals surface area contributed by atoms with Crippen molar-refractivity contribution in [1.29, 1.82) is 0 Å². The second-order valence-electron chi connectivity index (χ2n) is 12.4. The van der Waals surface area contributed by atoms with Gasteiger partial charge >= 0.3 is 0 Å². The van der Waals surface area contributed by atoms with Gasteiger partial charge in [-0.1, -0.05) is 132 Å². The van der Waals surface area contributed by atoms with Crippen LogP contribution in [0.2, 0.25) is 0 Å². The number of nitrogens with one attached hydrogen (secondary N) is 2. The summed E-state index contributed by atoms with van der Waals surface area (Å²) in [5, 5.41) is 8.51. The number of benzene rings is 6. The van der Waals surface area contributed by atoms with Crippen molar-refractivity contribution in [3.05, 3.63) is 202 Å². The maximum Gasteiger partial charge on any atom is 0.269 e. The molecule has 1 aromatic heterocycles. The van der Waals surface area contributed by atoms with Gasteiger partial charge in [-0.3, -0.25) is 20.4 Å². The minimum atomic E-state index is -1.67. The molecule has 0 bridgehead atoms. The fourth-order valence-corrected chi connectivity index (χ4v) is 5.68. The third-order valence-electron chi connectivity index (χ3n) is 8.24. The molecule has 11 heteroatoms. The standard InChI is InChI=1S/C22H20N2O2.C22H18N2O.Cl2OS/c1-16-8-7-12-19(14-16)21(25)23-24-22(26)20-13-6-5-11-18(20)15-17-9-3-2-4-10-17;1-16-8-7-12-19(14-16)21-23-24-22(25-21)20-13-6-5-11-18(20)15-17-9-3-2-4-10-17;1-4(2)3/h2-14H,15H2,1H3,(H,23,25)(H,24,26);2-14H,15H2,1H3;. The highest BCUT2D eigenvalue weighted by Gasteiger charge is 2.15. The van der Waals surface area contributed by atoms with E-state index in [2.05, 4.69) is 85.7 Å². The van der Waals surface area contributed by atoms with Crippen molar-refractivity contribution in [2.75, 3.05) is 0 Å². The lowest BCUT2D eigenvalue weighted by molar-refractivity contribution is 0.0846. The SMILES string of the molecule is Cc1cccc(-c2nnc(-c3ccccc3Cc3ccccc3)o2)c1.Cc1cccc(C(=O)NNC(=O)c2ccccc2Cc2ccccc2)c1.O=S(Cl)Cl. The summed E-state index contributed by atoms with van der Waals surface area (Å²) in [6.45, 7) is 3.96. The van der Waals surface area contributed by atoms with E-state index in [1.807, 2.05) is 104 Å². The van der Waals surface area contributed by atoms with Crippen molar-refractivity contribution in [3.8, 4) is 22.9 Å². The number of carbonyl (C=O) groups excluding carboxylic acids is 2. The number of aromatic nitrogens is 2. The number of amides is 2. The fraction of sp³-hybridized carbons (Fsp3) is 0.0909. The molecular formula is C44H38Cl2N4O4S. The van der Waals surface area contributed by atoms with Gasteiger partial charge < -0.3 is 4.42 Å². The summed E-state index contributed by atoms with van der Waals surface area (Å²) in [5.74, 6) is 0.427. The van der Waals surface area contributed by atoms with Gasteiger partial charge in [-0.15, -0.1) is 10.2 Å². The fourth-order valence-electron chi connectivity index (χ4n) is 5.68. The Bertz CT molecular complexity index is 2350. The molecule has 278 valence electrons. The summed E-state index contributed by atoms with van der Waals surface area (Å²) in [4.78, 5) is 24.7. The third kappa shape index (κ3) is 12.6. The molecule has 0 saturated heterocycles. The zero-order valence-electron chi connectivity index (χ0n) is 30.1. The summed E-state index contributed by atoms with van der Waals surface area (Å²) in [6, 6.07) is 51.2. The molecule has 7 aromatic rings. The molecule has 7 rings (SSSR count). The Morgan fingerprint density at radius 1 is 0.582 bits per heavy atom. The normalized spacial score (nSPS) is 10.3. The highest BCUT2D eigenvalue weighted by molar-refractivity contribution is 8.26. The Kier molecular flexibility index (Phi) is 15.1. The molecule has 0 aliphatic carbocycles. The van der Waals surface area contributed by atoms with Crippen LogP contribution in [0.25, 0.3) is 22.9 Å². The van der Waals surface area contributed by atoms with Crippen LogP contribution >= 0.6 is 21.4 Å². The van der Waals surface area contributed by atoms with Gasteiger partial charge in [-0.05, 0) is 85.3 Å². The van der Waals surface area contributed by atoms with Crippen molar-refractivity contribution < 1.29 is 18.2 Å². The van der Waals surface area contributed by atoms with Crippen LogP contribution in [0.15, 0.2) is 162 Å². The molecule has 0 fully saturated rings. The van der Waals surface area contributed by atoms with E-state index in [0.717, 1.165) is 34.2 Å². The first-order valence-electron chi connectivity index (χ1n) is 17.2. The number of aryl methyl sites for hydroxylation is 2. The summed E-state index contributed by atoms with van der Waals surface area (Å²) < 4.78 is 15.1. The first-order chi connectivity index (χ1) is 26.7. The van der Waals surface area contributed by atoms with Crippen LogP contribution in [-0.2, 0) is 22.1 Å². The van der Waals surface area contributed by atoms with Crippen molar-refractivity contribution in [1.82, 2.24) is 21.0 Å². The minimum Gasteiger partial charge on any atom is -0.416 e. The van der Waals surface area contributed by atoms with Crippen LogP contribution in [0.4, 0.5) is 0 Å². The molecule has 2 amide bonds. The third-order valence-corrected chi connectivity index (χ3v) is 8.24.